The minimum absolute atomic E-state index is 0.239. The molecule has 0 fully saturated rings. The van der Waals surface area contributed by atoms with E-state index in [9.17, 15) is 0 Å². The molecule has 0 atom stereocenters. The van der Waals surface area contributed by atoms with Gasteiger partial charge in [0.05, 0.1) is 6.61 Å². The summed E-state index contributed by atoms with van der Waals surface area (Å²) in [5.74, 6) is 1.09. The first-order valence-electron chi connectivity index (χ1n) is 8.26. The molecule has 1 N–H and O–H groups in total. The molecule has 0 aliphatic carbocycles. The lowest BCUT2D eigenvalue weighted by molar-refractivity contribution is 0.299. The molecule has 0 aliphatic heterocycles. The predicted octanol–water partition coefficient (Wildman–Crippen LogP) is 4.94. The first kappa shape index (κ1) is 18.0. The van der Waals surface area contributed by atoms with E-state index in [1.807, 2.05) is 0 Å². The second-order valence-corrected chi connectivity index (χ2v) is 7.09. The van der Waals surface area contributed by atoms with Crippen molar-refractivity contribution in [1.82, 2.24) is 5.32 Å². The highest BCUT2D eigenvalue weighted by molar-refractivity contribution is 5.44. The molecule has 1 aromatic carbocycles. The van der Waals surface area contributed by atoms with Crippen LogP contribution < -0.4 is 10.1 Å². The predicted molar refractivity (Wildman–Crippen MR) is 92.4 cm³/mol. The maximum Gasteiger partial charge on any atom is 0.125 e. The Morgan fingerprint density at radius 2 is 1.52 bits per heavy atom. The van der Waals surface area contributed by atoms with Gasteiger partial charge >= 0.3 is 0 Å². The first-order valence-corrected chi connectivity index (χ1v) is 8.26. The zero-order chi connectivity index (χ0) is 15.9. The summed E-state index contributed by atoms with van der Waals surface area (Å²) in [4.78, 5) is 0. The molecule has 0 amide bonds. The van der Waals surface area contributed by atoms with Gasteiger partial charge in [-0.2, -0.15) is 0 Å². The normalized spacial score (nSPS) is 11.7. The van der Waals surface area contributed by atoms with Crippen LogP contribution in [0.15, 0.2) is 12.1 Å². The lowest BCUT2D eigenvalue weighted by Crippen LogP contribution is -2.36. The van der Waals surface area contributed by atoms with Crippen LogP contribution in [0.3, 0.4) is 0 Å². The molecule has 120 valence electrons. The highest BCUT2D eigenvalue weighted by atomic mass is 16.5. The molecule has 1 rings (SSSR count). The van der Waals surface area contributed by atoms with Crippen LogP contribution in [0.1, 0.15) is 63.1 Å². The van der Waals surface area contributed by atoms with Gasteiger partial charge in [-0.1, -0.05) is 25.0 Å². The summed E-state index contributed by atoms with van der Waals surface area (Å²) in [6, 6.07) is 4.32. The van der Waals surface area contributed by atoms with Gasteiger partial charge < -0.3 is 10.1 Å². The molecule has 1 aromatic rings. The fourth-order valence-electron chi connectivity index (χ4n) is 2.37. The Morgan fingerprint density at radius 3 is 2.19 bits per heavy atom. The third-order valence-electron chi connectivity index (χ3n) is 3.85. The topological polar surface area (TPSA) is 21.3 Å². The van der Waals surface area contributed by atoms with Gasteiger partial charge in [-0.05, 0) is 77.6 Å². The summed E-state index contributed by atoms with van der Waals surface area (Å²) < 4.78 is 5.99. The Hall–Kier alpha value is -1.02. The van der Waals surface area contributed by atoms with E-state index in [4.69, 9.17) is 4.74 Å². The molecular weight excluding hydrogens is 258 g/mol. The van der Waals surface area contributed by atoms with E-state index >= 15 is 0 Å². The smallest absolute Gasteiger partial charge is 0.125 e. The Labute approximate surface area is 131 Å². The van der Waals surface area contributed by atoms with Crippen molar-refractivity contribution < 1.29 is 4.74 Å². The Balaban J connectivity index is 2.17. The molecule has 0 saturated heterocycles. The monoisotopic (exact) mass is 291 g/mol. The minimum Gasteiger partial charge on any atom is -0.493 e. The Bertz CT molecular complexity index is 432. The third-order valence-corrected chi connectivity index (χ3v) is 3.85. The molecule has 0 bridgehead atoms. The molecule has 0 radical (unpaired) electrons. The van der Waals surface area contributed by atoms with E-state index in [-0.39, 0.29) is 5.54 Å². The molecule has 0 unspecified atom stereocenters. The number of rotatable bonds is 8. The molecule has 0 aliphatic rings. The lowest BCUT2D eigenvalue weighted by Gasteiger charge is -2.20. The quantitative estimate of drug-likeness (QED) is 0.685. The maximum atomic E-state index is 5.99. The van der Waals surface area contributed by atoms with Crippen LogP contribution in [0.5, 0.6) is 5.75 Å². The van der Waals surface area contributed by atoms with Crippen LogP contribution in [0.25, 0.3) is 0 Å². The lowest BCUT2D eigenvalue weighted by atomic mass is 10.1. The number of unbranched alkanes of at least 4 members (excludes halogenated alkanes) is 3. The molecule has 2 nitrogen and oxygen atoms in total. The van der Waals surface area contributed by atoms with Crippen LogP contribution >= 0.6 is 0 Å². The number of ether oxygens (including phenoxy) is 1. The molecule has 0 spiro atoms. The van der Waals surface area contributed by atoms with Crippen molar-refractivity contribution in [2.24, 2.45) is 0 Å². The second kappa shape index (κ2) is 8.43. The molecule has 0 saturated carbocycles. The highest BCUT2D eigenvalue weighted by Gasteiger charge is 2.07. The van der Waals surface area contributed by atoms with Gasteiger partial charge in [0, 0.05) is 5.54 Å². The summed E-state index contributed by atoms with van der Waals surface area (Å²) in [5, 5.41) is 3.53. The summed E-state index contributed by atoms with van der Waals surface area (Å²) in [7, 11) is 0. The van der Waals surface area contributed by atoms with E-state index in [1.54, 1.807) is 0 Å². The van der Waals surface area contributed by atoms with Gasteiger partial charge in [-0.3, -0.25) is 0 Å². The largest absolute Gasteiger partial charge is 0.493 e. The van der Waals surface area contributed by atoms with Gasteiger partial charge in [-0.15, -0.1) is 0 Å². The number of benzene rings is 1. The molecular formula is C19H33NO. The zero-order valence-electron chi connectivity index (χ0n) is 14.8. The van der Waals surface area contributed by atoms with E-state index < -0.39 is 0 Å². The average Bonchev–Trinajstić information content (AvgIpc) is 2.39. The number of aryl methyl sites for hydroxylation is 2. The van der Waals surface area contributed by atoms with Crippen LogP contribution in [0, 0.1) is 20.8 Å². The number of nitrogens with one attached hydrogen (secondary N) is 1. The van der Waals surface area contributed by atoms with Gasteiger partial charge in [0.25, 0.3) is 0 Å². The number of hydrogen-bond acceptors (Lipinski definition) is 2. The highest BCUT2D eigenvalue weighted by Crippen LogP contribution is 2.25. The van der Waals surface area contributed by atoms with Crippen molar-refractivity contribution in [2.75, 3.05) is 13.2 Å². The zero-order valence-corrected chi connectivity index (χ0v) is 14.8. The van der Waals surface area contributed by atoms with Gasteiger partial charge in [0.15, 0.2) is 0 Å². The van der Waals surface area contributed by atoms with E-state index in [2.05, 4.69) is 59.0 Å². The van der Waals surface area contributed by atoms with Crippen LogP contribution in [-0.2, 0) is 0 Å². The van der Waals surface area contributed by atoms with Gasteiger partial charge in [0.2, 0.25) is 0 Å². The SMILES string of the molecule is Cc1ccc(C)c(OCCCCCCNC(C)(C)C)c1C. The van der Waals surface area contributed by atoms with E-state index in [0.717, 1.165) is 25.3 Å². The molecule has 21 heavy (non-hydrogen) atoms. The Kier molecular flexibility index (Phi) is 7.24. The minimum atomic E-state index is 0.239. The molecule has 2 heteroatoms. The summed E-state index contributed by atoms with van der Waals surface area (Å²) in [5.41, 5.74) is 4.07. The van der Waals surface area contributed by atoms with Crippen LogP contribution in [0.2, 0.25) is 0 Å². The van der Waals surface area contributed by atoms with Crippen molar-refractivity contribution in [3.05, 3.63) is 28.8 Å². The molecule has 0 aromatic heterocycles. The van der Waals surface area contributed by atoms with Crippen molar-refractivity contribution in [1.29, 1.82) is 0 Å². The van der Waals surface area contributed by atoms with E-state index in [0.29, 0.717) is 0 Å². The summed E-state index contributed by atoms with van der Waals surface area (Å²) >= 11 is 0. The van der Waals surface area contributed by atoms with Crippen molar-refractivity contribution in [3.63, 3.8) is 0 Å². The standard InChI is InChI=1S/C19H33NO/c1-15-11-12-16(2)18(17(15)3)21-14-10-8-7-9-13-20-19(4,5)6/h11-12,20H,7-10,13-14H2,1-6H3. The second-order valence-electron chi connectivity index (χ2n) is 7.09. The Morgan fingerprint density at radius 1 is 0.905 bits per heavy atom. The van der Waals surface area contributed by atoms with Crippen LogP contribution in [-0.4, -0.2) is 18.7 Å². The van der Waals surface area contributed by atoms with Gasteiger partial charge in [0.1, 0.15) is 5.75 Å². The summed E-state index contributed by atoms with van der Waals surface area (Å²) in [6.45, 7) is 15.0. The van der Waals surface area contributed by atoms with Gasteiger partial charge in [-0.25, -0.2) is 0 Å². The van der Waals surface area contributed by atoms with Crippen LogP contribution in [0.4, 0.5) is 0 Å². The van der Waals surface area contributed by atoms with E-state index in [1.165, 1.54) is 36.0 Å². The van der Waals surface area contributed by atoms with Crippen molar-refractivity contribution in [3.8, 4) is 5.75 Å². The maximum absolute atomic E-state index is 5.99. The van der Waals surface area contributed by atoms with Crippen molar-refractivity contribution in [2.45, 2.75) is 72.8 Å². The fourth-order valence-corrected chi connectivity index (χ4v) is 2.37. The molecule has 0 heterocycles. The van der Waals surface area contributed by atoms with Crippen molar-refractivity contribution >= 4 is 0 Å². The summed E-state index contributed by atoms with van der Waals surface area (Å²) in [6.07, 6.45) is 4.91. The fraction of sp³-hybridized carbons (Fsp3) is 0.684. The first-order chi connectivity index (χ1) is 9.81. The number of hydrogen-bond donors (Lipinski definition) is 1. The third kappa shape index (κ3) is 6.99. The average molecular weight is 291 g/mol.